The SMILES string of the molecule is CCc1ccc(N(CC(=O)N(Cc2ccc(Cl)c(Cl)c2)C(CC)C(=O)NC(C)CC)S(=O)(=O)c2ccccc2)cc1. The van der Waals surface area contributed by atoms with Crippen LogP contribution in [0.1, 0.15) is 51.7 Å². The van der Waals surface area contributed by atoms with Crippen molar-refractivity contribution in [2.75, 3.05) is 10.8 Å². The Labute approximate surface area is 253 Å². The van der Waals surface area contributed by atoms with Gasteiger partial charge in [-0.1, -0.05) is 80.4 Å². The number of carbonyl (C=O) groups is 2. The summed E-state index contributed by atoms with van der Waals surface area (Å²) in [6.45, 7) is 7.21. The molecule has 0 radical (unpaired) electrons. The highest BCUT2D eigenvalue weighted by Crippen LogP contribution is 2.27. The number of hydrogen-bond acceptors (Lipinski definition) is 4. The van der Waals surface area contributed by atoms with Gasteiger partial charge in [-0.15, -0.1) is 0 Å². The summed E-state index contributed by atoms with van der Waals surface area (Å²) in [5, 5.41) is 3.65. The zero-order chi connectivity index (χ0) is 30.2. The molecule has 7 nitrogen and oxygen atoms in total. The second-order valence-corrected chi connectivity index (χ2v) is 12.5. The van der Waals surface area contributed by atoms with Crippen LogP contribution in [-0.2, 0) is 32.6 Å². The van der Waals surface area contributed by atoms with E-state index in [1.54, 1.807) is 48.5 Å². The minimum absolute atomic E-state index is 0.0378. The second kappa shape index (κ2) is 14.7. The Hall–Kier alpha value is -3.07. The molecule has 10 heteroatoms. The number of nitrogens with zero attached hydrogens (tertiary/aromatic N) is 2. The van der Waals surface area contributed by atoms with Crippen LogP contribution in [0.15, 0.2) is 77.7 Å². The van der Waals surface area contributed by atoms with Crippen molar-refractivity contribution in [2.45, 2.75) is 70.5 Å². The molecule has 220 valence electrons. The lowest BCUT2D eigenvalue weighted by Crippen LogP contribution is -2.53. The number of anilines is 1. The summed E-state index contributed by atoms with van der Waals surface area (Å²) in [6.07, 6.45) is 1.83. The van der Waals surface area contributed by atoms with E-state index in [-0.39, 0.29) is 23.4 Å². The molecule has 0 saturated heterocycles. The van der Waals surface area contributed by atoms with E-state index in [4.69, 9.17) is 23.2 Å². The van der Waals surface area contributed by atoms with E-state index < -0.39 is 28.5 Å². The van der Waals surface area contributed by atoms with Gasteiger partial charge in [0.1, 0.15) is 12.6 Å². The minimum Gasteiger partial charge on any atom is -0.352 e. The number of benzene rings is 3. The van der Waals surface area contributed by atoms with Crippen LogP contribution in [0, 0.1) is 0 Å². The Bertz CT molecular complexity index is 1430. The van der Waals surface area contributed by atoms with E-state index in [0.29, 0.717) is 27.7 Å². The molecule has 2 amide bonds. The van der Waals surface area contributed by atoms with Crippen LogP contribution in [0.25, 0.3) is 0 Å². The Morgan fingerprint density at radius 1 is 0.854 bits per heavy atom. The first-order valence-corrected chi connectivity index (χ1v) is 15.9. The molecular weight excluding hydrogens is 581 g/mol. The maximum atomic E-state index is 14.1. The standard InChI is InChI=1S/C31H37Cl2N3O4S/c1-5-22(4)34-31(38)29(7-3)35(20-24-15-18-27(32)28(33)19-24)30(37)21-36(25-16-13-23(6-2)14-17-25)41(39,40)26-11-9-8-10-12-26/h8-19,22,29H,5-7,20-21H2,1-4H3,(H,34,38). The highest BCUT2D eigenvalue weighted by atomic mass is 35.5. The average molecular weight is 619 g/mol. The number of amides is 2. The molecule has 0 aliphatic carbocycles. The molecule has 0 saturated carbocycles. The maximum absolute atomic E-state index is 14.1. The molecule has 3 aromatic rings. The summed E-state index contributed by atoms with van der Waals surface area (Å²) in [7, 11) is -4.12. The molecular formula is C31H37Cl2N3O4S. The summed E-state index contributed by atoms with van der Waals surface area (Å²) in [4.78, 5) is 29.0. The third kappa shape index (κ3) is 8.24. The van der Waals surface area contributed by atoms with Crippen LogP contribution in [0.3, 0.4) is 0 Å². The van der Waals surface area contributed by atoms with Gasteiger partial charge in [0.2, 0.25) is 11.8 Å². The van der Waals surface area contributed by atoms with Crippen molar-refractivity contribution in [3.63, 3.8) is 0 Å². The molecule has 0 heterocycles. The highest BCUT2D eigenvalue weighted by Gasteiger charge is 2.34. The summed E-state index contributed by atoms with van der Waals surface area (Å²) in [5.41, 5.74) is 2.05. The van der Waals surface area contributed by atoms with Crippen LogP contribution >= 0.6 is 23.2 Å². The average Bonchev–Trinajstić information content (AvgIpc) is 2.97. The van der Waals surface area contributed by atoms with Gasteiger partial charge >= 0.3 is 0 Å². The van der Waals surface area contributed by atoms with E-state index >= 15 is 0 Å². The molecule has 1 N–H and O–H groups in total. The molecule has 0 aliphatic heterocycles. The zero-order valence-corrected chi connectivity index (χ0v) is 26.1. The molecule has 0 aromatic heterocycles. The summed E-state index contributed by atoms with van der Waals surface area (Å²) in [6, 6.07) is 19.1. The topological polar surface area (TPSA) is 86.8 Å². The van der Waals surface area contributed by atoms with Crippen molar-refractivity contribution in [1.29, 1.82) is 0 Å². The second-order valence-electron chi connectivity index (χ2n) is 9.86. The lowest BCUT2D eigenvalue weighted by atomic mass is 10.1. The molecule has 0 bridgehead atoms. The van der Waals surface area contributed by atoms with Crippen LogP contribution < -0.4 is 9.62 Å². The van der Waals surface area contributed by atoms with Crippen molar-refractivity contribution in [3.8, 4) is 0 Å². The summed E-state index contributed by atoms with van der Waals surface area (Å²) in [5.74, 6) is -0.832. The summed E-state index contributed by atoms with van der Waals surface area (Å²) >= 11 is 12.4. The normalized spacial score (nSPS) is 12.8. The Balaban J connectivity index is 2.06. The number of aryl methyl sites for hydroxylation is 1. The van der Waals surface area contributed by atoms with E-state index in [2.05, 4.69) is 5.32 Å². The first kappa shape index (κ1) is 32.4. The first-order valence-electron chi connectivity index (χ1n) is 13.7. The fraction of sp³-hybridized carbons (Fsp3) is 0.355. The highest BCUT2D eigenvalue weighted by molar-refractivity contribution is 7.92. The van der Waals surface area contributed by atoms with Crippen LogP contribution in [0.4, 0.5) is 5.69 Å². The third-order valence-corrected chi connectivity index (χ3v) is 9.49. The molecule has 3 rings (SSSR count). The van der Waals surface area contributed by atoms with E-state index in [9.17, 15) is 18.0 Å². The van der Waals surface area contributed by atoms with Gasteiger partial charge in [0, 0.05) is 12.6 Å². The number of halogens is 2. The lowest BCUT2D eigenvalue weighted by molar-refractivity contribution is -0.140. The molecule has 2 atom stereocenters. The van der Waals surface area contributed by atoms with Gasteiger partial charge in [-0.25, -0.2) is 8.42 Å². The van der Waals surface area contributed by atoms with Gasteiger partial charge in [-0.3, -0.25) is 13.9 Å². The van der Waals surface area contributed by atoms with Gasteiger partial charge in [0.15, 0.2) is 0 Å². The quantitative estimate of drug-likeness (QED) is 0.238. The van der Waals surface area contributed by atoms with Gasteiger partial charge in [0.25, 0.3) is 10.0 Å². The number of sulfonamides is 1. The van der Waals surface area contributed by atoms with Crippen molar-refractivity contribution in [2.24, 2.45) is 0 Å². The lowest BCUT2D eigenvalue weighted by Gasteiger charge is -2.33. The summed E-state index contributed by atoms with van der Waals surface area (Å²) < 4.78 is 28.9. The number of carbonyl (C=O) groups excluding carboxylic acids is 2. The van der Waals surface area contributed by atoms with Gasteiger partial charge < -0.3 is 10.2 Å². The van der Waals surface area contributed by atoms with Crippen molar-refractivity contribution in [1.82, 2.24) is 10.2 Å². The number of hydrogen-bond donors (Lipinski definition) is 1. The van der Waals surface area contributed by atoms with Gasteiger partial charge in [-0.2, -0.15) is 0 Å². The van der Waals surface area contributed by atoms with Gasteiger partial charge in [-0.05, 0) is 73.7 Å². The van der Waals surface area contributed by atoms with Crippen molar-refractivity contribution in [3.05, 3.63) is 94.0 Å². The van der Waals surface area contributed by atoms with E-state index in [1.165, 1.54) is 17.0 Å². The monoisotopic (exact) mass is 617 g/mol. The Kier molecular flexibility index (Phi) is 11.6. The van der Waals surface area contributed by atoms with E-state index in [0.717, 1.165) is 22.7 Å². The molecule has 0 fully saturated rings. The minimum atomic E-state index is -4.12. The fourth-order valence-electron chi connectivity index (χ4n) is 4.34. The molecule has 0 aliphatic rings. The molecule has 0 spiro atoms. The largest absolute Gasteiger partial charge is 0.352 e. The maximum Gasteiger partial charge on any atom is 0.264 e. The van der Waals surface area contributed by atoms with Gasteiger partial charge in [0.05, 0.1) is 20.6 Å². The molecule has 2 unspecified atom stereocenters. The molecule has 41 heavy (non-hydrogen) atoms. The third-order valence-electron chi connectivity index (χ3n) is 6.97. The number of rotatable bonds is 13. The van der Waals surface area contributed by atoms with Crippen molar-refractivity contribution >= 4 is 50.7 Å². The Morgan fingerprint density at radius 3 is 2.05 bits per heavy atom. The first-order chi connectivity index (χ1) is 19.5. The smallest absolute Gasteiger partial charge is 0.264 e. The predicted molar refractivity (Wildman–Crippen MR) is 166 cm³/mol. The fourth-order valence-corrected chi connectivity index (χ4v) is 6.10. The Morgan fingerprint density at radius 2 is 1.49 bits per heavy atom. The van der Waals surface area contributed by atoms with Crippen molar-refractivity contribution < 1.29 is 18.0 Å². The van der Waals surface area contributed by atoms with E-state index in [1.807, 2.05) is 39.8 Å². The predicted octanol–water partition coefficient (Wildman–Crippen LogP) is 6.47. The molecule has 3 aromatic carbocycles. The van der Waals surface area contributed by atoms with Crippen LogP contribution in [0.2, 0.25) is 10.0 Å². The zero-order valence-electron chi connectivity index (χ0n) is 23.8. The van der Waals surface area contributed by atoms with Crippen LogP contribution in [-0.4, -0.2) is 43.8 Å². The number of nitrogens with one attached hydrogen (secondary N) is 1. The van der Waals surface area contributed by atoms with Crippen LogP contribution in [0.5, 0.6) is 0 Å².